The van der Waals surface area contributed by atoms with E-state index in [9.17, 15) is 18.0 Å². The summed E-state index contributed by atoms with van der Waals surface area (Å²) in [6.45, 7) is 1.68. The number of nitrogens with one attached hydrogen (secondary N) is 5. The molecular formula is C20H26F3N7O. The Labute approximate surface area is 177 Å². The Balaban J connectivity index is 1.53. The molecule has 2 atom stereocenters. The van der Waals surface area contributed by atoms with E-state index in [1.165, 1.54) is 16.8 Å². The summed E-state index contributed by atoms with van der Waals surface area (Å²) in [5.74, 6) is -1.70. The number of aromatic amines is 1. The SMILES string of the molecule is CC(Cc1c[nH]c2ccccc12)NC(=O)C(=N)NC(=N)N1CCN(C)C(C(F)(F)F)C1. The molecule has 1 aromatic carbocycles. The van der Waals surface area contributed by atoms with Gasteiger partial charge in [-0.05, 0) is 32.0 Å². The number of alkyl halides is 3. The van der Waals surface area contributed by atoms with Crippen molar-refractivity contribution in [2.75, 3.05) is 26.7 Å². The maximum Gasteiger partial charge on any atom is 0.405 e. The molecule has 2 unspecified atom stereocenters. The van der Waals surface area contributed by atoms with E-state index in [-0.39, 0.29) is 19.1 Å². The molecule has 0 bridgehead atoms. The Kier molecular flexibility index (Phi) is 6.54. The molecule has 0 radical (unpaired) electrons. The molecule has 1 amide bonds. The normalized spacial score (nSPS) is 18.6. The second-order valence-electron chi connectivity index (χ2n) is 7.77. The molecule has 5 N–H and O–H groups in total. The number of piperazine rings is 1. The fraction of sp³-hybridized carbons (Fsp3) is 0.450. The van der Waals surface area contributed by atoms with Gasteiger partial charge in [0.15, 0.2) is 11.8 Å². The summed E-state index contributed by atoms with van der Waals surface area (Å²) < 4.78 is 39.4. The quantitative estimate of drug-likeness (QED) is 0.373. The number of likely N-dealkylation sites (N-methyl/N-ethyl adjacent to an activating group) is 1. The number of benzene rings is 1. The number of guanidine groups is 1. The Bertz CT molecular complexity index is 971. The van der Waals surface area contributed by atoms with Crippen LogP contribution in [0.4, 0.5) is 13.2 Å². The Hall–Kier alpha value is -3.08. The van der Waals surface area contributed by atoms with E-state index in [2.05, 4.69) is 15.6 Å². The highest BCUT2D eigenvalue weighted by Gasteiger charge is 2.45. The molecule has 2 aromatic rings. The number of carbonyl (C=O) groups excluding carboxylic acids is 1. The van der Waals surface area contributed by atoms with Gasteiger partial charge in [0.25, 0.3) is 5.91 Å². The number of para-hydroxylation sites is 1. The summed E-state index contributed by atoms with van der Waals surface area (Å²) in [4.78, 5) is 17.9. The molecule has 0 aliphatic carbocycles. The molecule has 2 heterocycles. The van der Waals surface area contributed by atoms with Crippen LogP contribution in [-0.2, 0) is 11.2 Å². The van der Waals surface area contributed by atoms with E-state index in [0.717, 1.165) is 16.5 Å². The van der Waals surface area contributed by atoms with Crippen molar-refractivity contribution >= 4 is 28.6 Å². The molecule has 8 nitrogen and oxygen atoms in total. The van der Waals surface area contributed by atoms with Crippen molar-refractivity contribution in [2.45, 2.75) is 31.6 Å². The number of nitrogens with zero attached hydrogens (tertiary/aromatic N) is 2. The van der Waals surface area contributed by atoms with Crippen molar-refractivity contribution in [3.05, 3.63) is 36.0 Å². The average molecular weight is 437 g/mol. The van der Waals surface area contributed by atoms with Gasteiger partial charge in [-0.25, -0.2) is 0 Å². The maximum absolute atomic E-state index is 13.1. The predicted molar refractivity (Wildman–Crippen MR) is 112 cm³/mol. The lowest BCUT2D eigenvalue weighted by Gasteiger charge is -2.40. The fourth-order valence-electron chi connectivity index (χ4n) is 3.66. The van der Waals surface area contributed by atoms with Crippen molar-refractivity contribution < 1.29 is 18.0 Å². The Morgan fingerprint density at radius 2 is 2.00 bits per heavy atom. The molecule has 1 aliphatic rings. The van der Waals surface area contributed by atoms with Crippen LogP contribution in [-0.4, -0.2) is 77.4 Å². The van der Waals surface area contributed by atoms with E-state index in [0.29, 0.717) is 6.42 Å². The smallest absolute Gasteiger partial charge is 0.361 e. The summed E-state index contributed by atoms with van der Waals surface area (Å²) >= 11 is 0. The van der Waals surface area contributed by atoms with Gasteiger partial charge in [0.2, 0.25) is 0 Å². The zero-order chi connectivity index (χ0) is 22.8. The van der Waals surface area contributed by atoms with Gasteiger partial charge in [-0.15, -0.1) is 0 Å². The number of amidine groups is 1. The van der Waals surface area contributed by atoms with E-state index in [1.54, 1.807) is 6.92 Å². The summed E-state index contributed by atoms with van der Waals surface area (Å²) in [7, 11) is 1.39. The van der Waals surface area contributed by atoms with E-state index in [4.69, 9.17) is 10.8 Å². The third-order valence-electron chi connectivity index (χ3n) is 5.39. The highest BCUT2D eigenvalue weighted by Crippen LogP contribution is 2.26. The highest BCUT2D eigenvalue weighted by atomic mass is 19.4. The van der Waals surface area contributed by atoms with Crippen LogP contribution in [0.25, 0.3) is 10.9 Å². The number of hydrogen-bond acceptors (Lipinski definition) is 4. The van der Waals surface area contributed by atoms with Gasteiger partial charge < -0.3 is 20.5 Å². The zero-order valence-corrected chi connectivity index (χ0v) is 17.3. The topological polar surface area (TPSA) is 111 Å². The minimum absolute atomic E-state index is 0.120. The Morgan fingerprint density at radius 1 is 1.29 bits per heavy atom. The molecule has 11 heteroatoms. The first-order chi connectivity index (χ1) is 14.6. The van der Waals surface area contributed by atoms with Crippen LogP contribution in [0.2, 0.25) is 0 Å². The van der Waals surface area contributed by atoms with Gasteiger partial charge in [0, 0.05) is 42.8 Å². The second-order valence-corrected chi connectivity index (χ2v) is 7.77. The lowest BCUT2D eigenvalue weighted by atomic mass is 10.1. The maximum atomic E-state index is 13.1. The molecule has 31 heavy (non-hydrogen) atoms. The molecule has 1 aromatic heterocycles. The van der Waals surface area contributed by atoms with Crippen LogP contribution in [0.5, 0.6) is 0 Å². The van der Waals surface area contributed by atoms with Gasteiger partial charge in [-0.2, -0.15) is 13.2 Å². The van der Waals surface area contributed by atoms with Crippen LogP contribution in [0.1, 0.15) is 12.5 Å². The van der Waals surface area contributed by atoms with Crippen molar-refractivity contribution in [1.29, 1.82) is 10.8 Å². The van der Waals surface area contributed by atoms with Crippen molar-refractivity contribution in [3.8, 4) is 0 Å². The number of hydrogen-bond donors (Lipinski definition) is 5. The third-order valence-corrected chi connectivity index (χ3v) is 5.39. The van der Waals surface area contributed by atoms with E-state index < -0.39 is 36.5 Å². The van der Waals surface area contributed by atoms with Crippen LogP contribution < -0.4 is 10.6 Å². The van der Waals surface area contributed by atoms with Gasteiger partial charge in [-0.3, -0.25) is 20.5 Å². The van der Waals surface area contributed by atoms with E-state index >= 15 is 0 Å². The van der Waals surface area contributed by atoms with Gasteiger partial charge in [0.05, 0.1) is 0 Å². The number of H-pyrrole nitrogens is 1. The molecule has 0 spiro atoms. The van der Waals surface area contributed by atoms with Crippen LogP contribution in [0.3, 0.4) is 0 Å². The fourth-order valence-corrected chi connectivity index (χ4v) is 3.66. The van der Waals surface area contributed by atoms with Gasteiger partial charge in [0.1, 0.15) is 6.04 Å². The number of amides is 1. The molecule has 1 fully saturated rings. The first-order valence-electron chi connectivity index (χ1n) is 9.88. The average Bonchev–Trinajstić information content (AvgIpc) is 3.10. The van der Waals surface area contributed by atoms with Crippen LogP contribution >= 0.6 is 0 Å². The largest absolute Gasteiger partial charge is 0.405 e. The highest BCUT2D eigenvalue weighted by molar-refractivity contribution is 6.39. The van der Waals surface area contributed by atoms with Crippen molar-refractivity contribution in [1.82, 2.24) is 25.4 Å². The standard InChI is InChI=1S/C20H26F3N7O/c1-12(9-13-10-26-15-6-4-3-5-14(13)15)27-18(31)17(24)28-19(25)30-8-7-29(2)16(11-30)20(21,22)23/h3-6,10,12,16,26H,7-9,11H2,1-2H3,(H,27,31)(H3,24,25,28). The minimum atomic E-state index is -4.42. The second kappa shape index (κ2) is 8.96. The zero-order valence-electron chi connectivity index (χ0n) is 17.3. The number of aromatic nitrogens is 1. The number of rotatable bonds is 3. The number of carbonyl (C=O) groups is 1. The van der Waals surface area contributed by atoms with Crippen molar-refractivity contribution in [2.24, 2.45) is 0 Å². The summed E-state index contributed by atoms with van der Waals surface area (Å²) in [6, 6.07) is 5.78. The first kappa shape index (κ1) is 22.6. The summed E-state index contributed by atoms with van der Waals surface area (Å²) in [6.07, 6.45) is -2.01. The Morgan fingerprint density at radius 3 is 2.71 bits per heavy atom. The van der Waals surface area contributed by atoms with Crippen LogP contribution in [0.15, 0.2) is 30.5 Å². The lowest BCUT2D eigenvalue weighted by molar-refractivity contribution is -0.189. The van der Waals surface area contributed by atoms with Gasteiger partial charge >= 0.3 is 6.18 Å². The minimum Gasteiger partial charge on any atom is -0.361 e. The third kappa shape index (κ3) is 5.35. The lowest BCUT2D eigenvalue weighted by Crippen LogP contribution is -2.61. The molecule has 0 saturated carbocycles. The van der Waals surface area contributed by atoms with Crippen LogP contribution in [0, 0.1) is 10.8 Å². The first-order valence-corrected chi connectivity index (χ1v) is 9.88. The summed E-state index contributed by atoms with van der Waals surface area (Å²) in [5, 5.41) is 22.0. The van der Waals surface area contributed by atoms with Crippen molar-refractivity contribution in [3.63, 3.8) is 0 Å². The van der Waals surface area contributed by atoms with E-state index in [1.807, 2.05) is 30.5 Å². The molecule has 1 saturated heterocycles. The summed E-state index contributed by atoms with van der Waals surface area (Å²) in [5.41, 5.74) is 2.01. The number of fused-ring (bicyclic) bond motifs is 1. The molecule has 3 rings (SSSR count). The molecular weight excluding hydrogens is 411 g/mol. The number of halogens is 3. The molecule has 168 valence electrons. The monoisotopic (exact) mass is 437 g/mol. The van der Waals surface area contributed by atoms with Gasteiger partial charge in [-0.1, -0.05) is 18.2 Å². The predicted octanol–water partition coefficient (Wildman–Crippen LogP) is 1.90. The molecule has 1 aliphatic heterocycles.